The predicted molar refractivity (Wildman–Crippen MR) is 49.4 cm³/mol. The minimum atomic E-state index is 0.484. The van der Waals surface area contributed by atoms with Gasteiger partial charge in [0.05, 0.1) is 0 Å². The van der Waals surface area contributed by atoms with E-state index < -0.39 is 0 Å². The fourth-order valence-corrected chi connectivity index (χ4v) is 1.09. The van der Waals surface area contributed by atoms with E-state index in [0.717, 1.165) is 0 Å². The van der Waals surface area contributed by atoms with Crippen LogP contribution in [0.4, 0.5) is 0 Å². The molecule has 0 spiro atoms. The van der Waals surface area contributed by atoms with Gasteiger partial charge in [0.2, 0.25) is 0 Å². The van der Waals surface area contributed by atoms with E-state index in [1.165, 1.54) is 5.56 Å². The molecule has 59 valence electrons. The molecule has 0 saturated carbocycles. The van der Waals surface area contributed by atoms with E-state index >= 15 is 0 Å². The fourth-order valence-electron chi connectivity index (χ4n) is 1.09. The second-order valence-electron chi connectivity index (χ2n) is 3.18. The quantitative estimate of drug-likeness (QED) is 0.602. The number of benzene rings is 1. The molecule has 1 aromatic rings. The predicted octanol–water partition coefficient (Wildman–Crippen LogP) is 3.26. The van der Waals surface area contributed by atoms with Gasteiger partial charge in [-0.25, -0.2) is 0 Å². The molecule has 0 aliphatic carbocycles. The number of hydrogen-bond acceptors (Lipinski definition) is 0. The third-order valence-electron chi connectivity index (χ3n) is 2.18. The SMILES string of the molecule is [CH2]C(C)C(C)c1ccccc1. The van der Waals surface area contributed by atoms with Crippen molar-refractivity contribution in [2.24, 2.45) is 5.92 Å². The molecule has 0 amide bonds. The molecular formula is C11H15. The van der Waals surface area contributed by atoms with E-state index in [1.807, 2.05) is 6.07 Å². The van der Waals surface area contributed by atoms with Gasteiger partial charge in [-0.1, -0.05) is 44.2 Å². The van der Waals surface area contributed by atoms with Crippen LogP contribution in [0.2, 0.25) is 0 Å². The number of hydrogen-bond donors (Lipinski definition) is 0. The van der Waals surface area contributed by atoms with Crippen LogP contribution in [-0.2, 0) is 0 Å². The smallest absolute Gasteiger partial charge is 0.0165 e. The van der Waals surface area contributed by atoms with Crippen molar-refractivity contribution in [3.05, 3.63) is 42.8 Å². The Bertz CT molecular complexity index is 199. The maximum Gasteiger partial charge on any atom is -0.0165 e. The molecule has 0 bridgehead atoms. The van der Waals surface area contributed by atoms with Crippen molar-refractivity contribution in [2.75, 3.05) is 0 Å². The van der Waals surface area contributed by atoms with E-state index in [2.05, 4.69) is 45.0 Å². The van der Waals surface area contributed by atoms with Gasteiger partial charge in [0.1, 0.15) is 0 Å². The molecule has 2 atom stereocenters. The molecule has 2 unspecified atom stereocenters. The molecule has 11 heavy (non-hydrogen) atoms. The summed E-state index contributed by atoms with van der Waals surface area (Å²) in [5.41, 5.74) is 1.38. The second kappa shape index (κ2) is 3.56. The van der Waals surface area contributed by atoms with Gasteiger partial charge in [-0.3, -0.25) is 0 Å². The molecule has 0 fully saturated rings. The van der Waals surface area contributed by atoms with Gasteiger partial charge in [-0.15, -0.1) is 0 Å². The lowest BCUT2D eigenvalue weighted by atomic mass is 9.91. The Morgan fingerprint density at radius 1 is 1.09 bits per heavy atom. The third kappa shape index (κ3) is 2.07. The van der Waals surface area contributed by atoms with Gasteiger partial charge in [-0.05, 0) is 24.3 Å². The molecule has 1 rings (SSSR count). The van der Waals surface area contributed by atoms with Crippen molar-refractivity contribution < 1.29 is 0 Å². The summed E-state index contributed by atoms with van der Waals surface area (Å²) in [6.07, 6.45) is 0. The highest BCUT2D eigenvalue weighted by molar-refractivity contribution is 5.19. The average Bonchev–Trinajstić information content (AvgIpc) is 2.05. The summed E-state index contributed by atoms with van der Waals surface area (Å²) < 4.78 is 0. The Morgan fingerprint density at radius 3 is 2.09 bits per heavy atom. The van der Waals surface area contributed by atoms with Gasteiger partial charge in [0, 0.05) is 0 Å². The van der Waals surface area contributed by atoms with Crippen molar-refractivity contribution in [2.45, 2.75) is 19.8 Å². The minimum absolute atomic E-state index is 0.484. The van der Waals surface area contributed by atoms with Crippen LogP contribution in [0, 0.1) is 12.8 Å². The summed E-state index contributed by atoms with van der Waals surface area (Å²) in [6.45, 7) is 8.38. The zero-order chi connectivity index (χ0) is 8.27. The van der Waals surface area contributed by atoms with Crippen LogP contribution < -0.4 is 0 Å². The maximum absolute atomic E-state index is 4.01. The highest BCUT2D eigenvalue weighted by atomic mass is 14.1. The van der Waals surface area contributed by atoms with Crippen molar-refractivity contribution in [1.82, 2.24) is 0 Å². The molecule has 0 aliphatic heterocycles. The Kier molecular flexibility index (Phi) is 2.70. The van der Waals surface area contributed by atoms with Crippen LogP contribution in [0.3, 0.4) is 0 Å². The van der Waals surface area contributed by atoms with Crippen molar-refractivity contribution in [1.29, 1.82) is 0 Å². The summed E-state index contributed by atoms with van der Waals surface area (Å²) in [6, 6.07) is 10.5. The Hall–Kier alpha value is -0.780. The molecule has 0 aliphatic rings. The Labute approximate surface area is 69.3 Å². The van der Waals surface area contributed by atoms with Gasteiger partial charge < -0.3 is 0 Å². The molecule has 0 nitrogen and oxygen atoms in total. The first-order chi connectivity index (χ1) is 5.22. The largest absolute Gasteiger partial charge is 0.0622 e. The van der Waals surface area contributed by atoms with Crippen LogP contribution >= 0.6 is 0 Å². The normalized spacial score (nSPS) is 13.5. The van der Waals surface area contributed by atoms with E-state index in [1.54, 1.807) is 0 Å². The molecule has 0 aromatic heterocycles. The molecule has 1 aromatic carbocycles. The standard InChI is InChI=1S/C11H15/c1-9(2)10(3)11-7-5-4-6-8-11/h4-10H,1H2,2-3H3. The molecule has 0 saturated heterocycles. The zero-order valence-corrected chi connectivity index (χ0v) is 7.25. The summed E-state index contributed by atoms with van der Waals surface area (Å²) in [7, 11) is 0. The van der Waals surface area contributed by atoms with Crippen molar-refractivity contribution in [3.63, 3.8) is 0 Å². The summed E-state index contributed by atoms with van der Waals surface area (Å²) >= 11 is 0. The number of rotatable bonds is 2. The molecule has 1 radical (unpaired) electrons. The van der Waals surface area contributed by atoms with E-state index in [9.17, 15) is 0 Å². The molecular weight excluding hydrogens is 132 g/mol. The Morgan fingerprint density at radius 2 is 1.64 bits per heavy atom. The van der Waals surface area contributed by atoms with Crippen LogP contribution in [0.25, 0.3) is 0 Å². The molecule has 0 N–H and O–H groups in total. The third-order valence-corrected chi connectivity index (χ3v) is 2.18. The van der Waals surface area contributed by atoms with E-state index in [-0.39, 0.29) is 0 Å². The molecule has 0 heterocycles. The lowest BCUT2D eigenvalue weighted by Crippen LogP contribution is -2.01. The summed E-state index contributed by atoms with van der Waals surface area (Å²) in [5, 5.41) is 0. The van der Waals surface area contributed by atoms with Crippen LogP contribution in [0.5, 0.6) is 0 Å². The second-order valence-corrected chi connectivity index (χ2v) is 3.18. The van der Waals surface area contributed by atoms with Crippen molar-refractivity contribution in [3.8, 4) is 0 Å². The van der Waals surface area contributed by atoms with Gasteiger partial charge in [0.25, 0.3) is 0 Å². The van der Waals surface area contributed by atoms with Crippen LogP contribution in [0.1, 0.15) is 25.3 Å². The first-order valence-electron chi connectivity index (χ1n) is 4.10. The lowest BCUT2D eigenvalue weighted by Gasteiger charge is -2.14. The zero-order valence-electron chi connectivity index (χ0n) is 7.25. The van der Waals surface area contributed by atoms with Crippen LogP contribution in [0.15, 0.2) is 30.3 Å². The van der Waals surface area contributed by atoms with Gasteiger partial charge in [-0.2, -0.15) is 0 Å². The minimum Gasteiger partial charge on any atom is -0.0622 e. The van der Waals surface area contributed by atoms with Crippen molar-refractivity contribution >= 4 is 0 Å². The maximum atomic E-state index is 4.01. The first-order valence-corrected chi connectivity index (χ1v) is 4.10. The Balaban J connectivity index is 2.77. The highest BCUT2D eigenvalue weighted by Crippen LogP contribution is 2.22. The average molecular weight is 147 g/mol. The highest BCUT2D eigenvalue weighted by Gasteiger charge is 2.07. The van der Waals surface area contributed by atoms with Gasteiger partial charge >= 0.3 is 0 Å². The fraction of sp³-hybridized carbons (Fsp3) is 0.364. The van der Waals surface area contributed by atoms with Crippen LogP contribution in [-0.4, -0.2) is 0 Å². The summed E-state index contributed by atoms with van der Waals surface area (Å²) in [5.74, 6) is 1.05. The van der Waals surface area contributed by atoms with Gasteiger partial charge in [0.15, 0.2) is 0 Å². The van der Waals surface area contributed by atoms with E-state index in [0.29, 0.717) is 11.8 Å². The monoisotopic (exact) mass is 147 g/mol. The molecule has 0 heteroatoms. The topological polar surface area (TPSA) is 0 Å². The lowest BCUT2D eigenvalue weighted by molar-refractivity contribution is 0.587. The van der Waals surface area contributed by atoms with E-state index in [4.69, 9.17) is 0 Å². The first kappa shape index (κ1) is 8.32. The summed E-state index contributed by atoms with van der Waals surface area (Å²) in [4.78, 5) is 0.